The molecule has 1 heteroatoms. The number of hydrogen-bond donors (Lipinski definition) is 0. The summed E-state index contributed by atoms with van der Waals surface area (Å²) in [5.41, 5.74) is 0. The van der Waals surface area contributed by atoms with Gasteiger partial charge in [0.25, 0.3) is 0 Å². The van der Waals surface area contributed by atoms with Crippen molar-refractivity contribution < 1.29 is 0 Å². The van der Waals surface area contributed by atoms with E-state index in [1.54, 1.807) is 12.3 Å². The van der Waals surface area contributed by atoms with Gasteiger partial charge in [0.1, 0.15) is 0 Å². The van der Waals surface area contributed by atoms with Crippen LogP contribution in [0.1, 0.15) is 72.6 Å². The quantitative estimate of drug-likeness (QED) is 0.331. The topological polar surface area (TPSA) is 0 Å². The van der Waals surface area contributed by atoms with Crippen molar-refractivity contribution in [3.8, 4) is 0 Å². The first-order chi connectivity index (χ1) is 7.74. The molecule has 0 radical (unpaired) electrons. The summed E-state index contributed by atoms with van der Waals surface area (Å²) >= 11 is 0. The zero-order valence-electron chi connectivity index (χ0n) is 12.3. The third-order valence-corrected chi connectivity index (χ3v) is 10.2. The normalized spacial score (nSPS) is 13.0. The minimum absolute atomic E-state index is 0.825. The van der Waals surface area contributed by atoms with Crippen molar-refractivity contribution in [2.24, 2.45) is 0 Å². The molecule has 0 N–H and O–H groups in total. The molecule has 0 bridgehead atoms. The molecule has 0 amide bonds. The van der Waals surface area contributed by atoms with Crippen molar-refractivity contribution in [1.29, 1.82) is 0 Å². The van der Waals surface area contributed by atoms with Gasteiger partial charge < -0.3 is 0 Å². The van der Waals surface area contributed by atoms with Crippen molar-refractivity contribution >= 4 is 7.26 Å². The van der Waals surface area contributed by atoms with Gasteiger partial charge in [-0.05, 0) is 0 Å². The van der Waals surface area contributed by atoms with Crippen LogP contribution in [0.2, 0.25) is 0 Å². The van der Waals surface area contributed by atoms with Crippen molar-refractivity contribution in [3.05, 3.63) is 0 Å². The maximum atomic E-state index is 2.46. The molecular formula is C15H35P. The van der Waals surface area contributed by atoms with E-state index < -0.39 is 7.26 Å². The fraction of sp³-hybridized carbons (Fsp3) is 1.00. The fourth-order valence-corrected chi connectivity index (χ4v) is 7.01. The Kier molecular flexibility index (Phi) is 10.9. The van der Waals surface area contributed by atoms with E-state index in [9.17, 15) is 0 Å². The van der Waals surface area contributed by atoms with Gasteiger partial charge in [0.15, 0.2) is 0 Å². The molecule has 0 saturated carbocycles. The van der Waals surface area contributed by atoms with Crippen LogP contribution in [0.4, 0.5) is 0 Å². The molecule has 0 aromatic rings. The molecule has 0 heterocycles. The molecular weight excluding hydrogens is 211 g/mol. The zero-order valence-corrected chi connectivity index (χ0v) is 13.3. The Morgan fingerprint density at radius 1 is 0.562 bits per heavy atom. The summed E-state index contributed by atoms with van der Waals surface area (Å²) < 4.78 is 0. The Morgan fingerprint density at radius 2 is 1.06 bits per heavy atom. The van der Waals surface area contributed by atoms with Crippen LogP contribution in [0.5, 0.6) is 0 Å². The van der Waals surface area contributed by atoms with Crippen molar-refractivity contribution in [1.82, 2.24) is 0 Å². The predicted molar refractivity (Wildman–Crippen MR) is 82.8 cm³/mol. The monoisotopic (exact) mass is 246 g/mol. The molecule has 0 aliphatic heterocycles. The first-order valence-electron chi connectivity index (χ1n) is 7.74. The number of unbranched alkanes of at least 4 members (excludes halogenated alkanes) is 5. The molecule has 0 unspecified atom stereocenters. The molecule has 0 fully saturated rings. The summed E-state index contributed by atoms with van der Waals surface area (Å²) in [5, 5.41) is 0. The van der Waals surface area contributed by atoms with E-state index in [-0.39, 0.29) is 0 Å². The molecule has 0 nitrogen and oxygen atoms in total. The van der Waals surface area contributed by atoms with E-state index in [4.69, 9.17) is 0 Å². The second-order valence-electron chi connectivity index (χ2n) is 5.47. The van der Waals surface area contributed by atoms with Gasteiger partial charge >= 0.3 is 105 Å². The van der Waals surface area contributed by atoms with Gasteiger partial charge in [-0.2, -0.15) is 0 Å². The van der Waals surface area contributed by atoms with E-state index in [0.717, 1.165) is 0 Å². The van der Waals surface area contributed by atoms with Crippen molar-refractivity contribution in [2.45, 2.75) is 72.6 Å². The molecule has 0 aromatic carbocycles. The maximum absolute atomic E-state index is 2.46. The van der Waals surface area contributed by atoms with Gasteiger partial charge in [-0.3, -0.25) is 0 Å². The molecule has 0 spiro atoms. The van der Waals surface area contributed by atoms with Gasteiger partial charge in [-0.25, -0.2) is 0 Å². The van der Waals surface area contributed by atoms with Crippen molar-refractivity contribution in [3.63, 3.8) is 0 Å². The Morgan fingerprint density at radius 3 is 1.56 bits per heavy atom. The first kappa shape index (κ1) is 16.4. The van der Waals surface area contributed by atoms with Crippen LogP contribution >= 0.6 is 7.26 Å². The standard InChI is InChI=1S/C15H35P/c1-5-9-11-12-13-15-16(7-3,8-4)14-10-6-2/h16H,5-15H2,1-4H3. The van der Waals surface area contributed by atoms with Gasteiger partial charge in [0, 0.05) is 0 Å². The third-order valence-electron chi connectivity index (χ3n) is 4.37. The molecule has 0 aliphatic rings. The SMILES string of the molecule is CCCCCCC[PH](CC)(CC)CCCC. The molecule has 0 atom stereocenters. The Hall–Kier alpha value is 0.430. The summed E-state index contributed by atoms with van der Waals surface area (Å²) in [6.45, 7) is 9.55. The van der Waals surface area contributed by atoms with Crippen molar-refractivity contribution in [2.75, 3.05) is 24.6 Å². The minimum atomic E-state index is -0.825. The van der Waals surface area contributed by atoms with E-state index in [2.05, 4.69) is 27.7 Å². The third kappa shape index (κ3) is 6.89. The Labute approximate surface area is 105 Å². The fourth-order valence-electron chi connectivity index (χ4n) is 2.74. The number of rotatable bonds is 11. The van der Waals surface area contributed by atoms with E-state index in [1.165, 1.54) is 57.3 Å². The molecule has 0 aromatic heterocycles. The molecule has 0 rings (SSSR count). The van der Waals surface area contributed by atoms with Crippen LogP contribution < -0.4 is 0 Å². The van der Waals surface area contributed by atoms with E-state index in [0.29, 0.717) is 0 Å². The predicted octanol–water partition coefficient (Wildman–Crippen LogP) is 5.55. The van der Waals surface area contributed by atoms with Gasteiger partial charge in [-0.15, -0.1) is 0 Å². The molecule has 0 saturated heterocycles. The summed E-state index contributed by atoms with van der Waals surface area (Å²) in [4.78, 5) is 0. The Balaban J connectivity index is 3.82. The van der Waals surface area contributed by atoms with Gasteiger partial charge in [0.2, 0.25) is 0 Å². The summed E-state index contributed by atoms with van der Waals surface area (Å²) in [7, 11) is -0.825. The second kappa shape index (κ2) is 10.6. The summed E-state index contributed by atoms with van der Waals surface area (Å²) in [5.74, 6) is 0. The van der Waals surface area contributed by atoms with Gasteiger partial charge in [-0.1, -0.05) is 0 Å². The second-order valence-corrected chi connectivity index (χ2v) is 10.9. The van der Waals surface area contributed by atoms with Crippen LogP contribution in [0.3, 0.4) is 0 Å². The Bertz CT molecular complexity index is 138. The molecule has 0 aliphatic carbocycles. The van der Waals surface area contributed by atoms with E-state index in [1.807, 2.05) is 0 Å². The van der Waals surface area contributed by atoms with Crippen LogP contribution in [0, 0.1) is 0 Å². The summed E-state index contributed by atoms with van der Waals surface area (Å²) in [6.07, 6.45) is 16.5. The van der Waals surface area contributed by atoms with Crippen LogP contribution in [-0.2, 0) is 0 Å². The molecule has 16 heavy (non-hydrogen) atoms. The van der Waals surface area contributed by atoms with Crippen LogP contribution in [0.25, 0.3) is 0 Å². The zero-order chi connectivity index (χ0) is 12.3. The number of hydrogen-bond acceptors (Lipinski definition) is 0. The van der Waals surface area contributed by atoms with Gasteiger partial charge in [0.05, 0.1) is 0 Å². The first-order valence-corrected chi connectivity index (χ1v) is 10.6. The summed E-state index contributed by atoms with van der Waals surface area (Å²) in [6, 6.07) is 0. The molecule has 100 valence electrons. The van der Waals surface area contributed by atoms with Crippen LogP contribution in [0.15, 0.2) is 0 Å². The van der Waals surface area contributed by atoms with E-state index >= 15 is 0 Å². The average molecular weight is 246 g/mol. The van der Waals surface area contributed by atoms with Crippen LogP contribution in [-0.4, -0.2) is 24.6 Å². The average Bonchev–Trinajstić information content (AvgIpc) is 2.33.